The zero-order chi connectivity index (χ0) is 10.8. The molecule has 4 N–H and O–H groups in total. The van der Waals surface area contributed by atoms with Gasteiger partial charge in [0.1, 0.15) is 0 Å². The van der Waals surface area contributed by atoms with Crippen LogP contribution in [0.2, 0.25) is 0 Å². The van der Waals surface area contributed by atoms with Gasteiger partial charge >= 0.3 is 0 Å². The van der Waals surface area contributed by atoms with E-state index < -0.39 is 0 Å². The zero-order valence-electron chi connectivity index (χ0n) is 9.24. The Hall–Kier alpha value is -1.38. The average Bonchev–Trinajstić information content (AvgIpc) is 2.23. The van der Waals surface area contributed by atoms with Crippen molar-refractivity contribution in [2.24, 2.45) is 0 Å². The summed E-state index contributed by atoms with van der Waals surface area (Å²) in [6.45, 7) is 3.40. The van der Waals surface area contributed by atoms with Gasteiger partial charge in [-0.25, -0.2) is 0 Å². The number of nitrogens with two attached hydrogens (primary N) is 2. The minimum Gasteiger partial charge on any atom is -0.397 e. The van der Waals surface area contributed by atoms with Gasteiger partial charge in [0.05, 0.1) is 11.4 Å². The van der Waals surface area contributed by atoms with E-state index >= 15 is 0 Å². The van der Waals surface area contributed by atoms with Crippen molar-refractivity contribution in [3.63, 3.8) is 0 Å². The topological polar surface area (TPSA) is 55.3 Å². The second-order valence-corrected chi connectivity index (χ2v) is 4.35. The number of anilines is 3. The molecule has 1 aliphatic heterocycles. The summed E-state index contributed by atoms with van der Waals surface area (Å²) in [7, 11) is 0. The monoisotopic (exact) mass is 205 g/mol. The van der Waals surface area contributed by atoms with Crippen LogP contribution in [0.5, 0.6) is 0 Å². The number of hydrogen-bond acceptors (Lipinski definition) is 3. The van der Waals surface area contributed by atoms with Crippen molar-refractivity contribution >= 4 is 17.1 Å². The molecule has 1 unspecified atom stereocenters. The molecule has 82 valence electrons. The first-order chi connectivity index (χ1) is 7.18. The van der Waals surface area contributed by atoms with Crippen LogP contribution < -0.4 is 16.4 Å². The molecule has 15 heavy (non-hydrogen) atoms. The molecular weight excluding hydrogens is 186 g/mol. The van der Waals surface area contributed by atoms with Gasteiger partial charge < -0.3 is 16.4 Å². The fraction of sp³-hybridized carbons (Fsp3) is 0.500. The van der Waals surface area contributed by atoms with Crippen molar-refractivity contribution in [1.82, 2.24) is 0 Å². The highest BCUT2D eigenvalue weighted by Gasteiger charge is 2.18. The summed E-state index contributed by atoms with van der Waals surface area (Å²) in [5.74, 6) is 0. The average molecular weight is 205 g/mol. The van der Waals surface area contributed by atoms with Crippen LogP contribution in [0.4, 0.5) is 17.1 Å². The lowest BCUT2D eigenvalue weighted by molar-refractivity contribution is 0.485. The summed E-state index contributed by atoms with van der Waals surface area (Å²) in [6, 6.07) is 6.55. The third-order valence-electron chi connectivity index (χ3n) is 3.20. The van der Waals surface area contributed by atoms with Crippen LogP contribution in [-0.4, -0.2) is 12.6 Å². The molecule has 0 saturated carbocycles. The maximum absolute atomic E-state index is 5.82. The number of nitrogen functional groups attached to an aromatic ring is 2. The lowest BCUT2D eigenvalue weighted by Gasteiger charge is -2.35. The van der Waals surface area contributed by atoms with Crippen molar-refractivity contribution in [3.05, 3.63) is 18.2 Å². The van der Waals surface area contributed by atoms with E-state index in [1.165, 1.54) is 24.9 Å². The Morgan fingerprint density at radius 2 is 2.00 bits per heavy atom. The molecule has 2 rings (SSSR count). The first kappa shape index (κ1) is 10.1. The summed E-state index contributed by atoms with van der Waals surface area (Å²) >= 11 is 0. The highest BCUT2D eigenvalue weighted by Crippen LogP contribution is 2.28. The molecule has 1 atom stereocenters. The number of benzene rings is 1. The predicted molar refractivity (Wildman–Crippen MR) is 65.9 cm³/mol. The van der Waals surface area contributed by atoms with E-state index in [2.05, 4.69) is 17.9 Å². The smallest absolute Gasteiger partial charge is 0.0568 e. The van der Waals surface area contributed by atoms with E-state index in [9.17, 15) is 0 Å². The van der Waals surface area contributed by atoms with E-state index in [0.29, 0.717) is 17.4 Å². The summed E-state index contributed by atoms with van der Waals surface area (Å²) in [6.07, 6.45) is 3.88. The Balaban J connectivity index is 2.24. The SMILES string of the molecule is CC1CCCCN1c1ccc(N)c(N)c1. The molecule has 0 radical (unpaired) electrons. The standard InChI is InChI=1S/C12H19N3/c1-9-4-2-3-7-15(9)10-5-6-11(13)12(14)8-10/h5-6,8-9H,2-4,7,13-14H2,1H3. The molecule has 1 heterocycles. The minimum absolute atomic E-state index is 0.613. The molecule has 0 spiro atoms. The van der Waals surface area contributed by atoms with Gasteiger partial charge in [-0.3, -0.25) is 0 Å². The van der Waals surface area contributed by atoms with Crippen molar-refractivity contribution in [3.8, 4) is 0 Å². The van der Waals surface area contributed by atoms with Gasteiger partial charge in [0, 0.05) is 18.3 Å². The Kier molecular flexibility index (Phi) is 2.71. The second kappa shape index (κ2) is 4.01. The van der Waals surface area contributed by atoms with Crippen LogP contribution in [0.1, 0.15) is 26.2 Å². The molecule has 1 saturated heterocycles. The van der Waals surface area contributed by atoms with Gasteiger partial charge in [-0.1, -0.05) is 0 Å². The van der Waals surface area contributed by atoms with Crippen molar-refractivity contribution in [1.29, 1.82) is 0 Å². The fourth-order valence-corrected chi connectivity index (χ4v) is 2.22. The van der Waals surface area contributed by atoms with Gasteiger partial charge in [0.15, 0.2) is 0 Å². The first-order valence-electron chi connectivity index (χ1n) is 5.60. The molecule has 0 aliphatic carbocycles. The molecule has 3 nitrogen and oxygen atoms in total. The van der Waals surface area contributed by atoms with E-state index in [1.807, 2.05) is 12.1 Å². The second-order valence-electron chi connectivity index (χ2n) is 4.35. The quantitative estimate of drug-likeness (QED) is 0.691. The third-order valence-corrected chi connectivity index (χ3v) is 3.20. The molecule has 0 bridgehead atoms. The molecule has 1 aliphatic rings. The molecule has 1 aromatic rings. The number of hydrogen-bond donors (Lipinski definition) is 2. The predicted octanol–water partition coefficient (Wildman–Crippen LogP) is 2.23. The molecule has 1 fully saturated rings. The fourth-order valence-electron chi connectivity index (χ4n) is 2.22. The van der Waals surface area contributed by atoms with Crippen molar-refractivity contribution in [2.75, 3.05) is 22.9 Å². The van der Waals surface area contributed by atoms with E-state index in [0.717, 1.165) is 6.54 Å². The summed E-state index contributed by atoms with van der Waals surface area (Å²) in [4.78, 5) is 2.42. The largest absolute Gasteiger partial charge is 0.397 e. The number of rotatable bonds is 1. The van der Waals surface area contributed by atoms with Gasteiger partial charge in [0.25, 0.3) is 0 Å². The minimum atomic E-state index is 0.613. The summed E-state index contributed by atoms with van der Waals surface area (Å²) in [5.41, 5.74) is 14.1. The Labute approximate surface area is 91.1 Å². The normalized spacial score (nSPS) is 21.7. The molecule has 0 aromatic heterocycles. The molecule has 1 aromatic carbocycles. The van der Waals surface area contributed by atoms with Gasteiger partial charge in [-0.2, -0.15) is 0 Å². The number of nitrogens with zero attached hydrogens (tertiary/aromatic N) is 1. The van der Waals surface area contributed by atoms with Gasteiger partial charge in [0.2, 0.25) is 0 Å². The maximum Gasteiger partial charge on any atom is 0.0568 e. The summed E-state index contributed by atoms with van der Waals surface area (Å²) < 4.78 is 0. The highest BCUT2D eigenvalue weighted by atomic mass is 15.2. The highest BCUT2D eigenvalue weighted by molar-refractivity contribution is 5.70. The maximum atomic E-state index is 5.82. The third kappa shape index (κ3) is 2.01. The van der Waals surface area contributed by atoms with Crippen LogP contribution in [-0.2, 0) is 0 Å². The van der Waals surface area contributed by atoms with Crippen LogP contribution in [0.15, 0.2) is 18.2 Å². The van der Waals surface area contributed by atoms with E-state index in [4.69, 9.17) is 11.5 Å². The van der Waals surface area contributed by atoms with Crippen molar-refractivity contribution < 1.29 is 0 Å². The van der Waals surface area contributed by atoms with Crippen LogP contribution in [0.25, 0.3) is 0 Å². The first-order valence-corrected chi connectivity index (χ1v) is 5.60. The van der Waals surface area contributed by atoms with Crippen LogP contribution in [0.3, 0.4) is 0 Å². The molecule has 3 heteroatoms. The van der Waals surface area contributed by atoms with E-state index in [-0.39, 0.29) is 0 Å². The Morgan fingerprint density at radius 3 is 2.67 bits per heavy atom. The Bertz CT molecular complexity index is 349. The van der Waals surface area contributed by atoms with E-state index in [1.54, 1.807) is 0 Å². The number of piperidine rings is 1. The van der Waals surface area contributed by atoms with Gasteiger partial charge in [-0.05, 0) is 44.4 Å². The molecular formula is C12H19N3. The Morgan fingerprint density at radius 1 is 1.20 bits per heavy atom. The van der Waals surface area contributed by atoms with Crippen LogP contribution in [0, 0.1) is 0 Å². The molecule has 0 amide bonds. The van der Waals surface area contributed by atoms with Crippen molar-refractivity contribution in [2.45, 2.75) is 32.2 Å². The summed E-state index contributed by atoms with van der Waals surface area (Å²) in [5, 5.41) is 0. The van der Waals surface area contributed by atoms with Crippen LogP contribution >= 0.6 is 0 Å². The lowest BCUT2D eigenvalue weighted by Crippen LogP contribution is -2.37. The zero-order valence-corrected chi connectivity index (χ0v) is 9.24. The lowest BCUT2D eigenvalue weighted by atomic mass is 10.0. The van der Waals surface area contributed by atoms with Gasteiger partial charge in [-0.15, -0.1) is 0 Å².